The number of nitriles is 1. The standard InChI is InChI=1S/C22H19Cl2N3O2/c1-26-21(29)27(18-11-16(23)10-17(24)12-18)20(28)22(26)9-3-2-4-19(22)15-7-5-14(13-25)6-8-15/h5-8,10-12,19H,2-4,9H2,1H3/t19-,22?/m0/s1. The maximum Gasteiger partial charge on any atom is 0.332 e. The van der Waals surface area contributed by atoms with Crippen molar-refractivity contribution in [3.8, 4) is 6.07 Å². The molecule has 2 aromatic rings. The van der Waals surface area contributed by atoms with Gasteiger partial charge in [0.15, 0.2) is 0 Å². The average molecular weight is 428 g/mol. The van der Waals surface area contributed by atoms with Gasteiger partial charge in [0.05, 0.1) is 17.3 Å². The quantitative estimate of drug-likeness (QED) is 0.605. The number of nitrogens with zero attached hydrogens (tertiary/aromatic N) is 3. The van der Waals surface area contributed by atoms with Gasteiger partial charge in [0.2, 0.25) is 0 Å². The van der Waals surface area contributed by atoms with Crippen molar-refractivity contribution in [2.75, 3.05) is 11.9 Å². The van der Waals surface area contributed by atoms with Crippen LogP contribution in [0.25, 0.3) is 0 Å². The second-order valence-electron chi connectivity index (χ2n) is 7.57. The first-order valence-corrected chi connectivity index (χ1v) is 10.2. The molecule has 1 aliphatic heterocycles. The molecule has 1 aliphatic carbocycles. The van der Waals surface area contributed by atoms with E-state index in [0.29, 0.717) is 27.7 Å². The Morgan fingerprint density at radius 3 is 2.34 bits per heavy atom. The summed E-state index contributed by atoms with van der Waals surface area (Å²) in [7, 11) is 1.69. The number of hydrogen-bond donors (Lipinski definition) is 0. The summed E-state index contributed by atoms with van der Waals surface area (Å²) in [5.41, 5.74) is 0.946. The monoisotopic (exact) mass is 427 g/mol. The van der Waals surface area contributed by atoms with Crippen molar-refractivity contribution >= 4 is 40.8 Å². The lowest BCUT2D eigenvalue weighted by Gasteiger charge is -2.43. The third kappa shape index (κ3) is 3.08. The summed E-state index contributed by atoms with van der Waals surface area (Å²) in [5, 5.41) is 9.81. The molecule has 1 unspecified atom stereocenters. The minimum absolute atomic E-state index is 0.148. The summed E-state index contributed by atoms with van der Waals surface area (Å²) in [6.07, 6.45) is 3.22. The zero-order valence-corrected chi connectivity index (χ0v) is 17.4. The molecule has 1 heterocycles. The van der Waals surface area contributed by atoms with E-state index in [0.717, 1.165) is 24.8 Å². The maximum atomic E-state index is 13.8. The topological polar surface area (TPSA) is 64.4 Å². The van der Waals surface area contributed by atoms with E-state index in [4.69, 9.17) is 28.5 Å². The van der Waals surface area contributed by atoms with Crippen molar-refractivity contribution in [1.29, 1.82) is 5.26 Å². The van der Waals surface area contributed by atoms with Crippen molar-refractivity contribution in [2.24, 2.45) is 0 Å². The van der Waals surface area contributed by atoms with E-state index in [1.807, 2.05) is 12.1 Å². The van der Waals surface area contributed by atoms with Crippen molar-refractivity contribution in [2.45, 2.75) is 37.1 Å². The van der Waals surface area contributed by atoms with Gasteiger partial charge in [-0.05, 0) is 48.7 Å². The van der Waals surface area contributed by atoms with Gasteiger partial charge in [-0.25, -0.2) is 9.69 Å². The van der Waals surface area contributed by atoms with E-state index in [-0.39, 0.29) is 17.9 Å². The van der Waals surface area contributed by atoms with Gasteiger partial charge in [-0.15, -0.1) is 0 Å². The molecule has 1 saturated heterocycles. The Morgan fingerprint density at radius 2 is 1.72 bits per heavy atom. The first kappa shape index (κ1) is 19.8. The Bertz CT molecular complexity index is 1010. The zero-order valence-electron chi connectivity index (χ0n) is 15.9. The van der Waals surface area contributed by atoms with Crippen molar-refractivity contribution in [3.05, 3.63) is 63.6 Å². The van der Waals surface area contributed by atoms with Gasteiger partial charge < -0.3 is 4.90 Å². The lowest BCUT2D eigenvalue weighted by atomic mass is 9.68. The van der Waals surface area contributed by atoms with Gasteiger partial charge in [-0.2, -0.15) is 5.26 Å². The molecule has 1 spiro atoms. The highest BCUT2D eigenvalue weighted by Gasteiger charge is 2.60. The fourth-order valence-electron chi connectivity index (χ4n) is 4.69. The maximum absolute atomic E-state index is 13.8. The summed E-state index contributed by atoms with van der Waals surface area (Å²) in [5.74, 6) is -0.400. The lowest BCUT2D eigenvalue weighted by molar-refractivity contribution is -0.127. The van der Waals surface area contributed by atoms with Crippen LogP contribution in [0.15, 0.2) is 42.5 Å². The summed E-state index contributed by atoms with van der Waals surface area (Å²) in [4.78, 5) is 29.7. The van der Waals surface area contributed by atoms with Crippen molar-refractivity contribution < 1.29 is 9.59 Å². The SMILES string of the molecule is CN1C(=O)N(c2cc(Cl)cc(Cl)c2)C(=O)C12CCCC[C@H]2c1ccc(C#N)cc1. The average Bonchev–Trinajstić information content (AvgIpc) is 2.89. The summed E-state index contributed by atoms with van der Waals surface area (Å²) >= 11 is 12.2. The van der Waals surface area contributed by atoms with Gasteiger partial charge >= 0.3 is 6.03 Å². The van der Waals surface area contributed by atoms with Crippen molar-refractivity contribution in [3.63, 3.8) is 0 Å². The number of imide groups is 1. The van der Waals surface area contributed by atoms with Crippen LogP contribution < -0.4 is 4.90 Å². The highest BCUT2D eigenvalue weighted by atomic mass is 35.5. The van der Waals surface area contributed by atoms with E-state index in [1.165, 1.54) is 4.90 Å². The van der Waals surface area contributed by atoms with Crippen LogP contribution in [0.5, 0.6) is 0 Å². The van der Waals surface area contributed by atoms with Crippen LogP contribution in [0.2, 0.25) is 10.0 Å². The van der Waals surface area contributed by atoms with E-state index >= 15 is 0 Å². The van der Waals surface area contributed by atoms with E-state index in [1.54, 1.807) is 42.3 Å². The number of rotatable bonds is 2. The van der Waals surface area contributed by atoms with Gasteiger partial charge in [0, 0.05) is 23.0 Å². The van der Waals surface area contributed by atoms with Gasteiger partial charge in [-0.3, -0.25) is 4.79 Å². The molecule has 4 rings (SSSR count). The van der Waals surface area contributed by atoms with Gasteiger partial charge in [0.25, 0.3) is 5.91 Å². The minimum atomic E-state index is -0.960. The molecule has 0 aromatic heterocycles. The highest BCUT2D eigenvalue weighted by molar-refractivity contribution is 6.35. The molecular weight excluding hydrogens is 409 g/mol. The molecule has 0 N–H and O–H groups in total. The number of amides is 3. The number of halogens is 2. The third-order valence-corrected chi connectivity index (χ3v) is 6.51. The predicted octanol–water partition coefficient (Wildman–Crippen LogP) is 5.36. The molecule has 5 nitrogen and oxygen atoms in total. The normalized spacial score (nSPS) is 24.3. The van der Waals surface area contributed by atoms with Crippen molar-refractivity contribution in [1.82, 2.24) is 4.90 Å². The molecule has 0 bridgehead atoms. The summed E-state index contributed by atoms with van der Waals surface area (Å²) in [6, 6.07) is 13.8. The first-order chi connectivity index (χ1) is 13.9. The molecule has 148 valence electrons. The lowest BCUT2D eigenvalue weighted by Crippen LogP contribution is -2.54. The van der Waals surface area contributed by atoms with Crippen LogP contribution in [0.3, 0.4) is 0 Å². The minimum Gasteiger partial charge on any atom is -0.312 e. The fraction of sp³-hybridized carbons (Fsp3) is 0.318. The molecule has 3 amide bonds. The molecule has 7 heteroatoms. The largest absolute Gasteiger partial charge is 0.332 e. The fourth-order valence-corrected chi connectivity index (χ4v) is 5.20. The molecule has 29 heavy (non-hydrogen) atoms. The van der Waals surface area contributed by atoms with E-state index < -0.39 is 5.54 Å². The zero-order chi connectivity index (χ0) is 20.8. The first-order valence-electron chi connectivity index (χ1n) is 9.47. The molecule has 2 aromatic carbocycles. The number of hydrogen-bond acceptors (Lipinski definition) is 3. The Hall–Kier alpha value is -2.55. The Kier molecular flexibility index (Phi) is 5.02. The van der Waals surface area contributed by atoms with Crippen LogP contribution in [-0.4, -0.2) is 29.4 Å². The van der Waals surface area contributed by atoms with Crippen LogP contribution in [0, 0.1) is 11.3 Å². The Balaban J connectivity index is 1.80. The van der Waals surface area contributed by atoms with E-state index in [9.17, 15) is 9.59 Å². The molecule has 0 radical (unpaired) electrons. The number of urea groups is 1. The smallest absolute Gasteiger partial charge is 0.312 e. The van der Waals surface area contributed by atoms with Crippen LogP contribution in [0.1, 0.15) is 42.7 Å². The van der Waals surface area contributed by atoms with Crippen LogP contribution in [0.4, 0.5) is 10.5 Å². The number of carbonyl (C=O) groups is 2. The predicted molar refractivity (Wildman–Crippen MR) is 112 cm³/mol. The second kappa shape index (κ2) is 7.37. The molecular formula is C22H19Cl2N3O2. The highest BCUT2D eigenvalue weighted by Crippen LogP contribution is 2.49. The molecule has 2 aliphatic rings. The van der Waals surface area contributed by atoms with E-state index in [2.05, 4.69) is 6.07 Å². The number of likely N-dealkylation sites (N-methyl/N-ethyl adjacent to an activating group) is 1. The number of anilines is 1. The summed E-state index contributed by atoms with van der Waals surface area (Å²) < 4.78 is 0. The van der Waals surface area contributed by atoms with Crippen LogP contribution in [-0.2, 0) is 4.79 Å². The second-order valence-corrected chi connectivity index (χ2v) is 8.44. The van der Waals surface area contributed by atoms with Crippen LogP contribution >= 0.6 is 23.2 Å². The molecule has 2 fully saturated rings. The third-order valence-electron chi connectivity index (χ3n) is 6.08. The summed E-state index contributed by atoms with van der Waals surface area (Å²) in [6.45, 7) is 0. The van der Waals surface area contributed by atoms with Gasteiger partial charge in [0.1, 0.15) is 5.54 Å². The molecule has 1 saturated carbocycles. The number of benzene rings is 2. The Labute approximate surface area is 179 Å². The Morgan fingerprint density at radius 1 is 1.07 bits per heavy atom. The molecule has 2 atom stereocenters. The van der Waals surface area contributed by atoms with Gasteiger partial charge in [-0.1, -0.05) is 48.2 Å². The number of carbonyl (C=O) groups excluding carboxylic acids is 2.